The molecule has 1 N–H and O–H groups in total. The summed E-state index contributed by atoms with van der Waals surface area (Å²) < 4.78 is 32.3. The Hall–Kier alpha value is -1.69. The van der Waals surface area contributed by atoms with Gasteiger partial charge in [0.15, 0.2) is 11.6 Å². The average molecular weight is 352 g/mol. The van der Waals surface area contributed by atoms with Gasteiger partial charge < -0.3 is 15.0 Å². The molecule has 0 radical (unpaired) electrons. The number of rotatable bonds is 3. The third-order valence-corrected chi connectivity index (χ3v) is 5.27. The number of hydrogen-bond donors (Lipinski definition) is 1. The number of nitrogens with zero attached hydrogens (tertiary/aromatic N) is 1. The molecule has 0 aromatic heterocycles. The molecular formula is C19H26F2N2O2. The number of ether oxygens (including phenoxy) is 1. The summed E-state index contributed by atoms with van der Waals surface area (Å²) in [6.07, 6.45) is 4.60. The highest BCUT2D eigenvalue weighted by molar-refractivity contribution is 5.74. The smallest absolute Gasteiger partial charge is 0.317 e. The van der Waals surface area contributed by atoms with Crippen LogP contribution in [0, 0.1) is 11.6 Å². The lowest BCUT2D eigenvalue weighted by Gasteiger charge is -2.36. The molecule has 3 unspecified atom stereocenters. The second-order valence-electron chi connectivity index (χ2n) is 7.03. The van der Waals surface area contributed by atoms with Crippen molar-refractivity contribution < 1.29 is 18.3 Å². The molecule has 0 bridgehead atoms. The topological polar surface area (TPSA) is 41.6 Å². The van der Waals surface area contributed by atoms with Gasteiger partial charge in [0.1, 0.15) is 0 Å². The highest BCUT2D eigenvalue weighted by Gasteiger charge is 2.28. The van der Waals surface area contributed by atoms with Gasteiger partial charge in [0.2, 0.25) is 0 Å². The van der Waals surface area contributed by atoms with Crippen molar-refractivity contribution in [2.75, 3.05) is 19.7 Å². The third-order valence-electron chi connectivity index (χ3n) is 5.27. The molecule has 6 heteroatoms. The molecule has 2 aliphatic heterocycles. The summed E-state index contributed by atoms with van der Waals surface area (Å²) in [7, 11) is 0. The minimum Gasteiger partial charge on any atom is -0.378 e. The van der Waals surface area contributed by atoms with E-state index in [4.69, 9.17) is 4.74 Å². The standard InChI is InChI=1S/C19H26F2N2O2/c1-2-16-11-15(7-9-25-16)22-19(24)23-8-3-4-14(12-23)13-5-6-17(20)18(21)10-13/h5-6,10,14-16H,2-4,7-9,11-12H2,1H3,(H,22,24). The summed E-state index contributed by atoms with van der Waals surface area (Å²) in [6.45, 7) is 4.01. The SMILES string of the molecule is CCC1CC(NC(=O)N2CCCC(c3ccc(F)c(F)c3)C2)CCO1. The third kappa shape index (κ3) is 4.48. The highest BCUT2D eigenvalue weighted by Crippen LogP contribution is 2.28. The van der Waals surface area contributed by atoms with Crippen LogP contribution < -0.4 is 5.32 Å². The first-order valence-electron chi connectivity index (χ1n) is 9.18. The maximum atomic E-state index is 13.5. The lowest BCUT2D eigenvalue weighted by molar-refractivity contribution is 0.00101. The molecule has 3 atom stereocenters. The van der Waals surface area contributed by atoms with Crippen LogP contribution in [0.4, 0.5) is 13.6 Å². The van der Waals surface area contributed by atoms with E-state index in [0.717, 1.165) is 43.7 Å². The van der Waals surface area contributed by atoms with Crippen molar-refractivity contribution in [3.8, 4) is 0 Å². The number of carbonyl (C=O) groups excluding carboxylic acids is 1. The Labute approximate surface area is 147 Å². The van der Waals surface area contributed by atoms with Crippen molar-refractivity contribution in [3.63, 3.8) is 0 Å². The summed E-state index contributed by atoms with van der Waals surface area (Å²) >= 11 is 0. The summed E-state index contributed by atoms with van der Waals surface area (Å²) in [6, 6.07) is 4.13. The van der Waals surface area contributed by atoms with Crippen LogP contribution in [0.25, 0.3) is 0 Å². The maximum absolute atomic E-state index is 13.5. The van der Waals surface area contributed by atoms with Gasteiger partial charge in [-0.2, -0.15) is 0 Å². The second-order valence-corrected chi connectivity index (χ2v) is 7.03. The number of nitrogens with one attached hydrogen (secondary N) is 1. The predicted octanol–water partition coefficient (Wildman–Crippen LogP) is 3.81. The summed E-state index contributed by atoms with van der Waals surface area (Å²) in [5.41, 5.74) is 0.758. The van der Waals surface area contributed by atoms with Crippen molar-refractivity contribution in [3.05, 3.63) is 35.4 Å². The summed E-state index contributed by atoms with van der Waals surface area (Å²) in [5, 5.41) is 3.12. The van der Waals surface area contributed by atoms with Crippen LogP contribution in [0.15, 0.2) is 18.2 Å². The number of piperidine rings is 1. The molecule has 2 heterocycles. The fourth-order valence-electron chi connectivity index (χ4n) is 3.76. The molecule has 2 saturated heterocycles. The van der Waals surface area contributed by atoms with Gasteiger partial charge in [-0.15, -0.1) is 0 Å². The lowest BCUT2D eigenvalue weighted by atomic mass is 9.90. The minimum absolute atomic E-state index is 0.0488. The zero-order valence-corrected chi connectivity index (χ0v) is 14.6. The molecule has 138 valence electrons. The molecule has 2 aliphatic rings. The Morgan fingerprint density at radius 2 is 2.16 bits per heavy atom. The zero-order chi connectivity index (χ0) is 17.8. The van der Waals surface area contributed by atoms with Crippen molar-refractivity contribution in [2.24, 2.45) is 0 Å². The summed E-state index contributed by atoms with van der Waals surface area (Å²) in [4.78, 5) is 14.4. The first-order chi connectivity index (χ1) is 12.1. The zero-order valence-electron chi connectivity index (χ0n) is 14.6. The molecule has 0 aliphatic carbocycles. The molecule has 2 amide bonds. The quantitative estimate of drug-likeness (QED) is 0.899. The van der Waals surface area contributed by atoms with E-state index in [1.54, 1.807) is 11.0 Å². The van der Waals surface area contributed by atoms with Gasteiger partial charge in [-0.1, -0.05) is 13.0 Å². The Bertz CT molecular complexity index is 611. The van der Waals surface area contributed by atoms with Crippen molar-refractivity contribution in [2.45, 2.75) is 57.1 Å². The molecule has 1 aromatic rings. The van der Waals surface area contributed by atoms with Crippen LogP contribution in [0.1, 0.15) is 50.5 Å². The Balaban J connectivity index is 1.58. The Morgan fingerprint density at radius 1 is 1.32 bits per heavy atom. The van der Waals surface area contributed by atoms with E-state index in [1.807, 2.05) is 0 Å². The normalized spacial score (nSPS) is 27.2. The molecule has 3 rings (SSSR count). The van der Waals surface area contributed by atoms with E-state index in [0.29, 0.717) is 19.7 Å². The minimum atomic E-state index is -0.834. The van der Waals surface area contributed by atoms with Crippen molar-refractivity contribution >= 4 is 6.03 Å². The number of benzene rings is 1. The Morgan fingerprint density at radius 3 is 2.92 bits per heavy atom. The van der Waals surface area contributed by atoms with E-state index in [-0.39, 0.29) is 24.1 Å². The van der Waals surface area contributed by atoms with E-state index in [1.165, 1.54) is 6.07 Å². The van der Waals surface area contributed by atoms with Crippen molar-refractivity contribution in [1.29, 1.82) is 0 Å². The molecule has 1 aromatic carbocycles. The van der Waals surface area contributed by atoms with Crippen LogP contribution in [-0.2, 0) is 4.74 Å². The van der Waals surface area contributed by atoms with Crippen molar-refractivity contribution in [1.82, 2.24) is 10.2 Å². The first-order valence-corrected chi connectivity index (χ1v) is 9.18. The van der Waals surface area contributed by atoms with Crippen LogP contribution in [0.5, 0.6) is 0 Å². The van der Waals surface area contributed by atoms with Gasteiger partial charge in [-0.05, 0) is 49.8 Å². The molecule has 2 fully saturated rings. The molecule has 25 heavy (non-hydrogen) atoms. The van der Waals surface area contributed by atoms with Gasteiger partial charge in [-0.25, -0.2) is 13.6 Å². The van der Waals surface area contributed by atoms with Crippen LogP contribution in [0.2, 0.25) is 0 Å². The number of halogens is 2. The fourth-order valence-corrected chi connectivity index (χ4v) is 3.76. The number of hydrogen-bond acceptors (Lipinski definition) is 2. The Kier molecular flexibility index (Phi) is 5.89. The average Bonchev–Trinajstić information content (AvgIpc) is 2.64. The van der Waals surface area contributed by atoms with Gasteiger partial charge in [-0.3, -0.25) is 0 Å². The highest BCUT2D eigenvalue weighted by atomic mass is 19.2. The first kappa shape index (κ1) is 18.1. The van der Waals surface area contributed by atoms with E-state index in [9.17, 15) is 13.6 Å². The molecule has 0 saturated carbocycles. The van der Waals surface area contributed by atoms with E-state index >= 15 is 0 Å². The van der Waals surface area contributed by atoms with Crippen LogP contribution in [0.3, 0.4) is 0 Å². The van der Waals surface area contributed by atoms with Gasteiger partial charge >= 0.3 is 6.03 Å². The number of carbonyl (C=O) groups is 1. The van der Waals surface area contributed by atoms with Gasteiger partial charge in [0, 0.05) is 31.7 Å². The molecular weight excluding hydrogens is 326 g/mol. The second kappa shape index (κ2) is 8.13. The molecule has 4 nitrogen and oxygen atoms in total. The van der Waals surface area contributed by atoms with Gasteiger partial charge in [0.25, 0.3) is 0 Å². The largest absolute Gasteiger partial charge is 0.378 e. The number of likely N-dealkylation sites (tertiary alicyclic amines) is 1. The summed E-state index contributed by atoms with van der Waals surface area (Å²) in [5.74, 6) is -1.61. The lowest BCUT2D eigenvalue weighted by Crippen LogP contribution is -2.50. The molecule has 0 spiro atoms. The number of urea groups is 1. The van der Waals surface area contributed by atoms with Crippen LogP contribution >= 0.6 is 0 Å². The number of amides is 2. The predicted molar refractivity (Wildman–Crippen MR) is 91.5 cm³/mol. The van der Waals surface area contributed by atoms with Crippen LogP contribution in [-0.4, -0.2) is 42.8 Å². The fraction of sp³-hybridized carbons (Fsp3) is 0.632. The van der Waals surface area contributed by atoms with Gasteiger partial charge in [0.05, 0.1) is 6.10 Å². The van der Waals surface area contributed by atoms with E-state index < -0.39 is 11.6 Å². The maximum Gasteiger partial charge on any atom is 0.317 e. The monoisotopic (exact) mass is 352 g/mol. The van der Waals surface area contributed by atoms with E-state index in [2.05, 4.69) is 12.2 Å².